The highest BCUT2D eigenvalue weighted by Crippen LogP contribution is 2.30. The van der Waals surface area contributed by atoms with Crippen LogP contribution < -0.4 is 0 Å². The number of benzene rings is 2. The van der Waals surface area contributed by atoms with Crippen LogP contribution in [0.2, 0.25) is 0 Å². The number of para-hydroxylation sites is 2. The zero-order chi connectivity index (χ0) is 13.5. The molecule has 96 valence electrons. The van der Waals surface area contributed by atoms with Crippen LogP contribution in [-0.2, 0) is 14.5 Å². The first-order valence-corrected chi connectivity index (χ1v) is 6.90. The first-order valence-electron chi connectivity index (χ1n) is 5.49. The van der Waals surface area contributed by atoms with Crippen molar-refractivity contribution in [1.29, 1.82) is 0 Å². The molecule has 0 fully saturated rings. The van der Waals surface area contributed by atoms with E-state index in [1.54, 1.807) is 48.5 Å². The number of nitrogens with zero attached hydrogens (tertiary/aromatic N) is 1. The van der Waals surface area contributed by atoms with Gasteiger partial charge in [0.1, 0.15) is 4.90 Å². The monoisotopic (exact) mass is 275 g/mol. The van der Waals surface area contributed by atoms with Crippen LogP contribution >= 0.6 is 0 Å². The topological polar surface area (TPSA) is 76.5 Å². The summed E-state index contributed by atoms with van der Waals surface area (Å²) in [4.78, 5) is 4.31. The zero-order valence-electron chi connectivity index (χ0n) is 9.65. The second kappa shape index (κ2) is 4.27. The van der Waals surface area contributed by atoms with Crippen LogP contribution in [-0.4, -0.2) is 18.7 Å². The summed E-state index contributed by atoms with van der Waals surface area (Å²) in [5.41, 5.74) is 1.05. The van der Waals surface area contributed by atoms with Gasteiger partial charge in [0.2, 0.25) is 0 Å². The lowest BCUT2D eigenvalue weighted by atomic mass is 10.1. The van der Waals surface area contributed by atoms with Crippen LogP contribution in [0.25, 0.3) is 21.8 Å². The van der Waals surface area contributed by atoms with Gasteiger partial charge in [-0.1, -0.05) is 36.4 Å². The van der Waals surface area contributed by atoms with Crippen LogP contribution in [0.15, 0.2) is 53.4 Å². The molecule has 0 bridgehead atoms. The predicted octanol–water partition coefficient (Wildman–Crippen LogP) is 2.57. The molecule has 1 aromatic heterocycles. The van der Waals surface area contributed by atoms with Crippen molar-refractivity contribution in [2.45, 2.75) is 4.90 Å². The van der Waals surface area contributed by atoms with E-state index in [4.69, 9.17) is 5.26 Å². The number of aromatic nitrogens is 1. The molecule has 0 aliphatic carbocycles. The molecule has 3 aromatic rings. The largest absolute Gasteiger partial charge is 0.324 e. The second-order valence-corrected chi connectivity index (χ2v) is 5.47. The number of rotatable bonds is 2. The SMILES string of the molecule is O=S(=O)(OO)c1c2ccccc2nc2ccccc12. The summed E-state index contributed by atoms with van der Waals surface area (Å²) in [6, 6.07) is 13.6. The van der Waals surface area contributed by atoms with E-state index >= 15 is 0 Å². The summed E-state index contributed by atoms with van der Waals surface area (Å²) in [6.07, 6.45) is 0. The average molecular weight is 275 g/mol. The summed E-state index contributed by atoms with van der Waals surface area (Å²) in [5, 5.41) is 9.48. The fourth-order valence-corrected chi connectivity index (χ4v) is 3.07. The summed E-state index contributed by atoms with van der Waals surface area (Å²) in [6.45, 7) is 0. The molecule has 6 heteroatoms. The molecule has 0 radical (unpaired) electrons. The van der Waals surface area contributed by atoms with Crippen molar-refractivity contribution in [2.24, 2.45) is 0 Å². The van der Waals surface area contributed by atoms with E-state index in [2.05, 4.69) is 9.32 Å². The van der Waals surface area contributed by atoms with Crippen LogP contribution in [0.4, 0.5) is 0 Å². The van der Waals surface area contributed by atoms with Crippen LogP contribution in [0.5, 0.6) is 0 Å². The maximum absolute atomic E-state index is 11.9. The van der Waals surface area contributed by atoms with Crippen molar-refractivity contribution in [2.75, 3.05) is 0 Å². The third-order valence-corrected chi connectivity index (χ3v) is 4.02. The summed E-state index contributed by atoms with van der Waals surface area (Å²) >= 11 is 0. The Kier molecular flexibility index (Phi) is 2.70. The van der Waals surface area contributed by atoms with Gasteiger partial charge in [0, 0.05) is 10.8 Å². The average Bonchev–Trinajstić information content (AvgIpc) is 2.44. The Morgan fingerprint density at radius 1 is 0.895 bits per heavy atom. The van der Waals surface area contributed by atoms with Crippen molar-refractivity contribution in [3.63, 3.8) is 0 Å². The Hall–Kier alpha value is -2.02. The number of fused-ring (bicyclic) bond motifs is 2. The number of hydrogen-bond acceptors (Lipinski definition) is 5. The van der Waals surface area contributed by atoms with E-state index in [0.717, 1.165) is 0 Å². The van der Waals surface area contributed by atoms with Gasteiger partial charge in [0.15, 0.2) is 0 Å². The van der Waals surface area contributed by atoms with E-state index in [-0.39, 0.29) is 4.90 Å². The third-order valence-electron chi connectivity index (χ3n) is 2.89. The van der Waals surface area contributed by atoms with Gasteiger partial charge >= 0.3 is 10.1 Å². The van der Waals surface area contributed by atoms with E-state index in [1.807, 2.05) is 0 Å². The van der Waals surface area contributed by atoms with E-state index in [1.165, 1.54) is 0 Å². The predicted molar refractivity (Wildman–Crippen MR) is 70.1 cm³/mol. The van der Waals surface area contributed by atoms with Gasteiger partial charge in [-0.2, -0.15) is 8.42 Å². The Morgan fingerprint density at radius 3 is 1.84 bits per heavy atom. The highest BCUT2D eigenvalue weighted by atomic mass is 32.2. The fraction of sp³-hybridized carbons (Fsp3) is 0. The van der Waals surface area contributed by atoms with Crippen molar-refractivity contribution in [1.82, 2.24) is 4.98 Å². The third kappa shape index (κ3) is 1.86. The minimum atomic E-state index is -4.24. The van der Waals surface area contributed by atoms with E-state index in [0.29, 0.717) is 21.8 Å². The first-order chi connectivity index (χ1) is 9.13. The molecule has 0 amide bonds. The maximum atomic E-state index is 11.9. The minimum Gasteiger partial charge on any atom is -0.248 e. The Balaban J connectivity index is 2.62. The van der Waals surface area contributed by atoms with Gasteiger partial charge in [-0.25, -0.2) is 10.2 Å². The molecular formula is C13H9NO4S. The molecule has 0 aliphatic rings. The normalized spacial score (nSPS) is 12.1. The highest BCUT2D eigenvalue weighted by Gasteiger charge is 2.22. The molecule has 0 saturated carbocycles. The van der Waals surface area contributed by atoms with Crippen molar-refractivity contribution in [3.05, 3.63) is 48.5 Å². The standard InChI is InChI=1S/C13H9NO4S/c15-18-19(16,17)13-9-5-1-3-7-11(9)14-12-8-4-2-6-10(12)13/h1-8,15H. The molecule has 0 unspecified atom stereocenters. The Morgan fingerprint density at radius 2 is 1.37 bits per heavy atom. The van der Waals surface area contributed by atoms with Gasteiger partial charge in [-0.05, 0) is 12.1 Å². The van der Waals surface area contributed by atoms with Crippen LogP contribution in [0.3, 0.4) is 0 Å². The minimum absolute atomic E-state index is 0.0730. The fourth-order valence-electron chi connectivity index (χ4n) is 2.11. The number of hydrogen-bond donors (Lipinski definition) is 1. The van der Waals surface area contributed by atoms with Gasteiger partial charge in [0.05, 0.1) is 11.0 Å². The van der Waals surface area contributed by atoms with E-state index in [9.17, 15) is 8.42 Å². The van der Waals surface area contributed by atoms with Gasteiger partial charge in [-0.15, -0.1) is 4.33 Å². The molecule has 2 aromatic carbocycles. The molecule has 5 nitrogen and oxygen atoms in total. The van der Waals surface area contributed by atoms with Gasteiger partial charge < -0.3 is 0 Å². The quantitative estimate of drug-likeness (QED) is 0.442. The summed E-state index contributed by atoms with van der Waals surface area (Å²) < 4.78 is 27.5. The Bertz CT molecular complexity index is 820. The molecule has 1 N–H and O–H groups in total. The van der Waals surface area contributed by atoms with Gasteiger partial charge in [0.25, 0.3) is 0 Å². The Labute approximate surface area is 109 Å². The van der Waals surface area contributed by atoms with Crippen molar-refractivity contribution >= 4 is 31.9 Å². The zero-order valence-corrected chi connectivity index (χ0v) is 10.5. The maximum Gasteiger partial charge on any atom is 0.324 e. The smallest absolute Gasteiger partial charge is 0.248 e. The van der Waals surface area contributed by atoms with Crippen molar-refractivity contribution < 1.29 is 18.0 Å². The van der Waals surface area contributed by atoms with Crippen LogP contribution in [0.1, 0.15) is 0 Å². The molecular weight excluding hydrogens is 266 g/mol. The first kappa shape index (κ1) is 12.0. The lowest BCUT2D eigenvalue weighted by Crippen LogP contribution is -2.05. The summed E-state index contributed by atoms with van der Waals surface area (Å²) in [5.74, 6) is 0. The molecule has 0 saturated heterocycles. The van der Waals surface area contributed by atoms with Crippen molar-refractivity contribution in [3.8, 4) is 0 Å². The second-order valence-electron chi connectivity index (χ2n) is 4.00. The molecule has 0 aliphatic heterocycles. The lowest BCUT2D eigenvalue weighted by molar-refractivity contribution is -0.130. The molecule has 19 heavy (non-hydrogen) atoms. The van der Waals surface area contributed by atoms with Gasteiger partial charge in [-0.3, -0.25) is 0 Å². The summed E-state index contributed by atoms with van der Waals surface area (Å²) in [7, 11) is -4.24. The highest BCUT2D eigenvalue weighted by molar-refractivity contribution is 7.87. The molecule has 0 atom stereocenters. The van der Waals surface area contributed by atoms with E-state index < -0.39 is 10.1 Å². The molecule has 1 heterocycles. The molecule has 0 spiro atoms. The molecule has 3 rings (SSSR count). The number of pyridine rings is 1. The van der Waals surface area contributed by atoms with Crippen LogP contribution in [0, 0.1) is 0 Å². The lowest BCUT2D eigenvalue weighted by Gasteiger charge is -2.08.